The van der Waals surface area contributed by atoms with E-state index >= 15 is 0 Å². The van der Waals surface area contributed by atoms with Gasteiger partial charge < -0.3 is 10.4 Å². The molecule has 0 fully saturated rings. The first-order chi connectivity index (χ1) is 10.3. The minimum absolute atomic E-state index is 0.158. The van der Waals surface area contributed by atoms with Crippen LogP contribution in [-0.4, -0.2) is 22.0 Å². The van der Waals surface area contributed by atoms with E-state index in [1.807, 2.05) is 20.8 Å². The summed E-state index contributed by atoms with van der Waals surface area (Å²) >= 11 is 1.33. The van der Waals surface area contributed by atoms with Crippen molar-refractivity contribution in [1.82, 2.24) is 10.3 Å². The van der Waals surface area contributed by atoms with Crippen LogP contribution in [0.25, 0.3) is 0 Å². The molecule has 22 heavy (non-hydrogen) atoms. The SMILES string of the molecule is CC(C)(C)c1ncsc1C(=O)NCc1ccc(C(=O)O)cc1. The molecule has 0 saturated heterocycles. The van der Waals surface area contributed by atoms with Crippen molar-refractivity contribution >= 4 is 23.2 Å². The molecule has 5 nitrogen and oxygen atoms in total. The number of amides is 1. The van der Waals surface area contributed by atoms with Crippen molar-refractivity contribution in [2.75, 3.05) is 0 Å². The normalized spacial score (nSPS) is 11.2. The van der Waals surface area contributed by atoms with Crippen LogP contribution in [0, 0.1) is 0 Å². The van der Waals surface area contributed by atoms with Crippen molar-refractivity contribution < 1.29 is 14.7 Å². The van der Waals surface area contributed by atoms with Crippen molar-refractivity contribution in [3.63, 3.8) is 0 Å². The van der Waals surface area contributed by atoms with Crippen LogP contribution in [0.2, 0.25) is 0 Å². The summed E-state index contributed by atoms with van der Waals surface area (Å²) in [5, 5.41) is 11.7. The zero-order valence-corrected chi connectivity index (χ0v) is 13.5. The molecule has 0 aliphatic heterocycles. The van der Waals surface area contributed by atoms with Gasteiger partial charge in [-0.25, -0.2) is 9.78 Å². The Morgan fingerprint density at radius 1 is 1.23 bits per heavy atom. The fourth-order valence-corrected chi connectivity index (χ4v) is 2.88. The minimum Gasteiger partial charge on any atom is -0.478 e. The number of carbonyl (C=O) groups is 2. The molecule has 6 heteroatoms. The highest BCUT2D eigenvalue weighted by Gasteiger charge is 2.24. The molecule has 0 aliphatic rings. The van der Waals surface area contributed by atoms with Gasteiger partial charge >= 0.3 is 5.97 Å². The van der Waals surface area contributed by atoms with Gasteiger partial charge in [0.2, 0.25) is 0 Å². The van der Waals surface area contributed by atoms with Crippen LogP contribution in [-0.2, 0) is 12.0 Å². The first kappa shape index (κ1) is 16.2. The van der Waals surface area contributed by atoms with Crippen molar-refractivity contribution in [3.05, 3.63) is 51.5 Å². The summed E-state index contributed by atoms with van der Waals surface area (Å²) in [6, 6.07) is 6.44. The van der Waals surface area contributed by atoms with Gasteiger partial charge in [-0.1, -0.05) is 32.9 Å². The molecular weight excluding hydrogens is 300 g/mol. The average molecular weight is 318 g/mol. The number of aromatic carboxylic acids is 1. The summed E-state index contributed by atoms with van der Waals surface area (Å²) in [4.78, 5) is 28.0. The van der Waals surface area contributed by atoms with E-state index in [0.29, 0.717) is 11.4 Å². The maximum Gasteiger partial charge on any atom is 0.335 e. The van der Waals surface area contributed by atoms with Crippen LogP contribution < -0.4 is 5.32 Å². The second-order valence-corrected chi connectivity index (χ2v) is 6.82. The second kappa shape index (κ2) is 6.27. The van der Waals surface area contributed by atoms with Gasteiger partial charge in [0.05, 0.1) is 16.8 Å². The van der Waals surface area contributed by atoms with Crippen LogP contribution in [0.15, 0.2) is 29.8 Å². The molecule has 2 N–H and O–H groups in total. The number of carbonyl (C=O) groups excluding carboxylic acids is 1. The summed E-state index contributed by atoms with van der Waals surface area (Å²) in [5.74, 6) is -1.12. The Kier molecular flexibility index (Phi) is 4.61. The monoisotopic (exact) mass is 318 g/mol. The lowest BCUT2D eigenvalue weighted by Crippen LogP contribution is -2.25. The van der Waals surface area contributed by atoms with Crippen molar-refractivity contribution in [2.45, 2.75) is 32.7 Å². The number of rotatable bonds is 4. The first-order valence-corrected chi connectivity index (χ1v) is 7.71. The van der Waals surface area contributed by atoms with E-state index < -0.39 is 5.97 Å². The number of nitrogens with zero attached hydrogens (tertiary/aromatic N) is 1. The number of nitrogens with one attached hydrogen (secondary N) is 1. The summed E-state index contributed by atoms with van der Waals surface area (Å²) < 4.78 is 0. The molecule has 0 unspecified atom stereocenters. The second-order valence-electron chi connectivity index (χ2n) is 5.96. The Bertz CT molecular complexity index is 684. The Morgan fingerprint density at radius 2 is 1.86 bits per heavy atom. The number of aromatic nitrogens is 1. The molecule has 0 radical (unpaired) electrons. The van der Waals surface area contributed by atoms with Crippen LogP contribution in [0.1, 0.15) is 52.1 Å². The Morgan fingerprint density at radius 3 is 2.41 bits per heavy atom. The smallest absolute Gasteiger partial charge is 0.335 e. The molecular formula is C16H18N2O3S. The van der Waals surface area contributed by atoms with Crippen molar-refractivity contribution in [2.24, 2.45) is 0 Å². The average Bonchev–Trinajstić information content (AvgIpc) is 2.94. The highest BCUT2D eigenvalue weighted by molar-refractivity contribution is 7.11. The van der Waals surface area contributed by atoms with E-state index in [1.54, 1.807) is 17.6 Å². The molecule has 1 aromatic heterocycles. The summed E-state index contributed by atoms with van der Waals surface area (Å²) in [6.45, 7) is 6.40. The zero-order chi connectivity index (χ0) is 16.3. The zero-order valence-electron chi connectivity index (χ0n) is 12.7. The minimum atomic E-state index is -0.963. The molecule has 116 valence electrons. The van der Waals surface area contributed by atoms with E-state index in [1.165, 1.54) is 23.5 Å². The Labute approximate surface area is 133 Å². The summed E-state index contributed by atoms with van der Waals surface area (Å²) in [6.07, 6.45) is 0. The number of carboxylic acids is 1. The molecule has 2 aromatic rings. The van der Waals surface area contributed by atoms with E-state index in [0.717, 1.165) is 11.3 Å². The molecule has 0 atom stereocenters. The quantitative estimate of drug-likeness (QED) is 0.908. The third-order valence-electron chi connectivity index (χ3n) is 3.14. The van der Waals surface area contributed by atoms with Crippen molar-refractivity contribution in [1.29, 1.82) is 0 Å². The van der Waals surface area contributed by atoms with Gasteiger partial charge in [-0.3, -0.25) is 4.79 Å². The van der Waals surface area contributed by atoms with E-state index in [2.05, 4.69) is 10.3 Å². The van der Waals surface area contributed by atoms with Gasteiger partial charge in [0.25, 0.3) is 5.91 Å². The lowest BCUT2D eigenvalue weighted by Gasteiger charge is -2.17. The molecule has 2 rings (SSSR count). The fourth-order valence-electron chi connectivity index (χ4n) is 1.97. The van der Waals surface area contributed by atoms with E-state index in [-0.39, 0.29) is 16.9 Å². The predicted octanol–water partition coefficient (Wildman–Crippen LogP) is 3.07. The highest BCUT2D eigenvalue weighted by Crippen LogP contribution is 2.27. The number of hydrogen-bond donors (Lipinski definition) is 2. The van der Waals surface area contributed by atoms with Crippen LogP contribution >= 0.6 is 11.3 Å². The van der Waals surface area contributed by atoms with E-state index in [4.69, 9.17) is 5.11 Å². The van der Waals surface area contributed by atoms with Gasteiger partial charge in [0.15, 0.2) is 0 Å². The molecule has 0 spiro atoms. The molecule has 1 amide bonds. The van der Waals surface area contributed by atoms with Gasteiger partial charge in [-0.15, -0.1) is 11.3 Å². The summed E-state index contributed by atoms with van der Waals surface area (Å²) in [5.41, 5.74) is 3.36. The maximum atomic E-state index is 12.3. The third-order valence-corrected chi connectivity index (χ3v) is 3.96. The van der Waals surface area contributed by atoms with Gasteiger partial charge in [0.1, 0.15) is 4.88 Å². The van der Waals surface area contributed by atoms with Gasteiger partial charge in [-0.2, -0.15) is 0 Å². The molecule has 1 aromatic carbocycles. The topological polar surface area (TPSA) is 79.3 Å². The van der Waals surface area contributed by atoms with Crippen LogP contribution in [0.5, 0.6) is 0 Å². The fraction of sp³-hybridized carbons (Fsp3) is 0.312. The molecule has 0 saturated carbocycles. The van der Waals surface area contributed by atoms with Crippen molar-refractivity contribution in [3.8, 4) is 0 Å². The number of thiazole rings is 1. The van der Waals surface area contributed by atoms with Gasteiger partial charge in [-0.05, 0) is 17.7 Å². The highest BCUT2D eigenvalue weighted by atomic mass is 32.1. The molecule has 0 aliphatic carbocycles. The number of hydrogen-bond acceptors (Lipinski definition) is 4. The Hall–Kier alpha value is -2.21. The van der Waals surface area contributed by atoms with Crippen LogP contribution in [0.4, 0.5) is 0 Å². The number of benzene rings is 1. The third kappa shape index (κ3) is 3.71. The standard InChI is InChI=1S/C16H18N2O3S/c1-16(2,3)13-12(22-9-18-13)14(19)17-8-10-4-6-11(7-5-10)15(20)21/h4-7,9H,8H2,1-3H3,(H,17,19)(H,20,21). The van der Waals surface area contributed by atoms with Gasteiger partial charge in [0, 0.05) is 12.0 Å². The largest absolute Gasteiger partial charge is 0.478 e. The lowest BCUT2D eigenvalue weighted by atomic mass is 9.91. The predicted molar refractivity (Wildman–Crippen MR) is 85.4 cm³/mol. The maximum absolute atomic E-state index is 12.3. The molecule has 0 bridgehead atoms. The van der Waals surface area contributed by atoms with Crippen LogP contribution in [0.3, 0.4) is 0 Å². The lowest BCUT2D eigenvalue weighted by molar-refractivity contribution is 0.0696. The summed E-state index contributed by atoms with van der Waals surface area (Å²) in [7, 11) is 0. The van der Waals surface area contributed by atoms with E-state index in [9.17, 15) is 9.59 Å². The Balaban J connectivity index is 2.04. The molecule has 1 heterocycles. The first-order valence-electron chi connectivity index (χ1n) is 6.83. The number of carboxylic acid groups (broad SMARTS) is 1.